The molecule has 28 heavy (non-hydrogen) atoms. The lowest BCUT2D eigenvalue weighted by atomic mass is 9.95. The first-order chi connectivity index (χ1) is 13.5. The third-order valence-electron chi connectivity index (χ3n) is 5.33. The predicted molar refractivity (Wildman–Crippen MR) is 104 cm³/mol. The summed E-state index contributed by atoms with van der Waals surface area (Å²) in [5.74, 6) is 0.826. The van der Waals surface area contributed by atoms with E-state index in [9.17, 15) is 12.8 Å². The molecule has 0 N–H and O–H groups in total. The van der Waals surface area contributed by atoms with Crippen molar-refractivity contribution < 1.29 is 22.3 Å². The Bertz CT molecular complexity index is 930. The second-order valence-electron chi connectivity index (χ2n) is 7.27. The lowest BCUT2D eigenvalue weighted by Crippen LogP contribution is -2.34. The van der Waals surface area contributed by atoms with Gasteiger partial charge in [0.25, 0.3) is 0 Å². The zero-order valence-corrected chi connectivity index (χ0v) is 16.5. The van der Waals surface area contributed by atoms with Crippen LogP contribution in [0.1, 0.15) is 37.2 Å². The summed E-state index contributed by atoms with van der Waals surface area (Å²) < 4.78 is 52.7. The maximum atomic E-state index is 13.3. The standard InChI is InChI=1S/C21H24FNO4S/c22-18-7-5-16(6-8-18)17-4-1-2-11-23(15-17)28(24,25)19-9-10-20-21(14-19)27-13-3-12-26-20/h5-10,14,17H,1-4,11-13,15H2. The van der Waals surface area contributed by atoms with Crippen LogP contribution in [-0.2, 0) is 10.0 Å². The van der Waals surface area contributed by atoms with Crippen LogP contribution < -0.4 is 9.47 Å². The number of hydrogen-bond donors (Lipinski definition) is 0. The smallest absolute Gasteiger partial charge is 0.243 e. The maximum absolute atomic E-state index is 13.3. The summed E-state index contributed by atoms with van der Waals surface area (Å²) >= 11 is 0. The predicted octanol–water partition coefficient (Wildman–Crippen LogP) is 3.95. The van der Waals surface area contributed by atoms with Crippen molar-refractivity contribution in [2.45, 2.75) is 36.5 Å². The number of halogens is 1. The first kappa shape index (κ1) is 19.2. The van der Waals surface area contributed by atoms with Crippen molar-refractivity contribution in [2.24, 2.45) is 0 Å². The van der Waals surface area contributed by atoms with Crippen molar-refractivity contribution in [1.29, 1.82) is 0 Å². The first-order valence-electron chi connectivity index (χ1n) is 9.69. The molecule has 0 aliphatic carbocycles. The highest BCUT2D eigenvalue weighted by molar-refractivity contribution is 7.89. The minimum Gasteiger partial charge on any atom is -0.490 e. The van der Waals surface area contributed by atoms with Crippen molar-refractivity contribution in [3.8, 4) is 11.5 Å². The van der Waals surface area contributed by atoms with E-state index in [2.05, 4.69) is 0 Å². The maximum Gasteiger partial charge on any atom is 0.243 e. The number of rotatable bonds is 3. The number of nitrogens with zero attached hydrogens (tertiary/aromatic N) is 1. The summed E-state index contributed by atoms with van der Waals surface area (Å²) in [6, 6.07) is 11.2. The number of hydrogen-bond acceptors (Lipinski definition) is 4. The van der Waals surface area contributed by atoms with Crippen LogP contribution in [0.4, 0.5) is 4.39 Å². The summed E-state index contributed by atoms with van der Waals surface area (Å²) in [6.45, 7) is 1.94. The van der Waals surface area contributed by atoms with Crippen molar-refractivity contribution in [3.05, 3.63) is 53.8 Å². The Morgan fingerprint density at radius 3 is 2.46 bits per heavy atom. The average Bonchev–Trinajstić information content (AvgIpc) is 3.09. The molecular weight excluding hydrogens is 381 g/mol. The Hall–Kier alpha value is -2.12. The monoisotopic (exact) mass is 405 g/mol. The van der Waals surface area contributed by atoms with E-state index in [1.807, 2.05) is 0 Å². The van der Waals surface area contributed by atoms with E-state index in [0.717, 1.165) is 31.2 Å². The Morgan fingerprint density at radius 2 is 1.68 bits per heavy atom. The molecule has 2 aromatic rings. The molecule has 0 saturated carbocycles. The molecule has 7 heteroatoms. The van der Waals surface area contributed by atoms with E-state index in [4.69, 9.17) is 9.47 Å². The summed E-state index contributed by atoms with van der Waals surface area (Å²) in [4.78, 5) is 0.219. The fraction of sp³-hybridized carbons (Fsp3) is 0.429. The number of sulfonamides is 1. The van der Waals surface area contributed by atoms with E-state index >= 15 is 0 Å². The van der Waals surface area contributed by atoms with Crippen LogP contribution in [-0.4, -0.2) is 39.0 Å². The van der Waals surface area contributed by atoms with Gasteiger partial charge in [0.05, 0.1) is 18.1 Å². The van der Waals surface area contributed by atoms with Gasteiger partial charge in [-0.25, -0.2) is 12.8 Å². The molecule has 1 atom stereocenters. The SMILES string of the molecule is O=S(=O)(c1ccc2c(c1)OCCCO2)N1CCCCC(c2ccc(F)cc2)C1. The average molecular weight is 405 g/mol. The molecule has 1 unspecified atom stereocenters. The van der Waals surface area contributed by atoms with Gasteiger partial charge in [-0.15, -0.1) is 0 Å². The second-order valence-corrected chi connectivity index (χ2v) is 9.20. The van der Waals surface area contributed by atoms with Crippen molar-refractivity contribution in [2.75, 3.05) is 26.3 Å². The molecule has 2 aliphatic heterocycles. The molecule has 150 valence electrons. The van der Waals surface area contributed by atoms with Crippen LogP contribution in [0.15, 0.2) is 47.4 Å². The van der Waals surface area contributed by atoms with E-state index in [-0.39, 0.29) is 16.6 Å². The molecule has 1 saturated heterocycles. The van der Waals surface area contributed by atoms with Crippen LogP contribution in [0.25, 0.3) is 0 Å². The van der Waals surface area contributed by atoms with Gasteiger partial charge in [0.2, 0.25) is 10.0 Å². The number of ether oxygens (including phenoxy) is 2. The molecule has 0 spiro atoms. The Balaban J connectivity index is 1.60. The fourth-order valence-electron chi connectivity index (χ4n) is 3.79. The van der Waals surface area contributed by atoms with Gasteiger partial charge in [-0.2, -0.15) is 4.31 Å². The van der Waals surface area contributed by atoms with Gasteiger partial charge in [-0.3, -0.25) is 0 Å². The van der Waals surface area contributed by atoms with Crippen LogP contribution in [0.5, 0.6) is 11.5 Å². The number of benzene rings is 2. The molecule has 1 fully saturated rings. The third-order valence-corrected chi connectivity index (χ3v) is 7.19. The molecule has 0 radical (unpaired) electrons. The van der Waals surface area contributed by atoms with Gasteiger partial charge in [-0.05, 0) is 48.6 Å². The summed E-state index contributed by atoms with van der Waals surface area (Å²) in [6.07, 6.45) is 3.40. The minimum atomic E-state index is -3.66. The molecule has 2 aromatic carbocycles. The molecule has 0 amide bonds. The van der Waals surface area contributed by atoms with Crippen molar-refractivity contribution >= 4 is 10.0 Å². The van der Waals surface area contributed by atoms with Crippen LogP contribution in [0, 0.1) is 5.82 Å². The summed E-state index contributed by atoms with van der Waals surface area (Å²) in [7, 11) is -3.66. The van der Waals surface area contributed by atoms with Crippen LogP contribution >= 0.6 is 0 Å². The third kappa shape index (κ3) is 4.00. The van der Waals surface area contributed by atoms with Crippen LogP contribution in [0.3, 0.4) is 0 Å². The fourth-order valence-corrected chi connectivity index (χ4v) is 5.33. The Morgan fingerprint density at radius 1 is 0.929 bits per heavy atom. The van der Waals surface area contributed by atoms with E-state index < -0.39 is 10.0 Å². The molecule has 0 bridgehead atoms. The van der Waals surface area contributed by atoms with Gasteiger partial charge < -0.3 is 9.47 Å². The first-order valence-corrected chi connectivity index (χ1v) is 11.1. The molecular formula is C21H24FNO4S. The van der Waals surface area contributed by atoms with Gasteiger partial charge >= 0.3 is 0 Å². The lowest BCUT2D eigenvalue weighted by molar-refractivity contribution is 0.296. The second kappa shape index (κ2) is 8.09. The molecule has 2 aliphatic rings. The zero-order valence-electron chi connectivity index (χ0n) is 15.6. The van der Waals surface area contributed by atoms with Crippen molar-refractivity contribution in [3.63, 3.8) is 0 Å². The Kier molecular flexibility index (Phi) is 5.55. The molecule has 5 nitrogen and oxygen atoms in total. The topological polar surface area (TPSA) is 55.8 Å². The minimum absolute atomic E-state index is 0.0540. The highest BCUT2D eigenvalue weighted by Crippen LogP contribution is 2.35. The van der Waals surface area contributed by atoms with Gasteiger partial charge in [0.15, 0.2) is 11.5 Å². The van der Waals surface area contributed by atoms with Crippen molar-refractivity contribution in [1.82, 2.24) is 4.31 Å². The van der Waals surface area contributed by atoms with Gasteiger partial charge in [0.1, 0.15) is 5.82 Å². The van der Waals surface area contributed by atoms with E-state index in [1.54, 1.807) is 34.6 Å². The summed E-state index contributed by atoms with van der Waals surface area (Å²) in [5, 5.41) is 0. The lowest BCUT2D eigenvalue weighted by Gasteiger charge is -2.24. The highest BCUT2D eigenvalue weighted by atomic mass is 32.2. The van der Waals surface area contributed by atoms with Crippen LogP contribution in [0.2, 0.25) is 0 Å². The highest BCUT2D eigenvalue weighted by Gasteiger charge is 2.30. The molecule has 4 rings (SSSR count). The normalized spacial score (nSPS) is 21.0. The zero-order chi connectivity index (χ0) is 19.6. The quantitative estimate of drug-likeness (QED) is 0.776. The van der Waals surface area contributed by atoms with E-state index in [1.165, 1.54) is 12.1 Å². The molecule has 2 heterocycles. The summed E-state index contributed by atoms with van der Waals surface area (Å²) in [5.41, 5.74) is 0.974. The van der Waals surface area contributed by atoms with Gasteiger partial charge in [0, 0.05) is 25.6 Å². The van der Waals surface area contributed by atoms with E-state index in [0.29, 0.717) is 37.8 Å². The number of fused-ring (bicyclic) bond motifs is 1. The van der Waals surface area contributed by atoms with Gasteiger partial charge in [-0.1, -0.05) is 18.6 Å². The Labute approximate surface area is 165 Å². The molecule has 0 aromatic heterocycles. The largest absolute Gasteiger partial charge is 0.490 e.